The van der Waals surface area contributed by atoms with Gasteiger partial charge in [0.05, 0.1) is 7.11 Å². The fraction of sp³-hybridized carbons (Fsp3) is 0.545. The van der Waals surface area contributed by atoms with Crippen molar-refractivity contribution in [2.45, 2.75) is 32.1 Å². The smallest absolute Gasteiger partial charge is 0.348 e. The van der Waals surface area contributed by atoms with E-state index in [1.807, 2.05) is 6.07 Å². The zero-order chi connectivity index (χ0) is 9.97. The number of thiophene rings is 1. The monoisotopic (exact) mass is 210 g/mol. The minimum absolute atomic E-state index is 0.192. The van der Waals surface area contributed by atoms with Crippen LogP contribution in [0.3, 0.4) is 0 Å². The van der Waals surface area contributed by atoms with Crippen LogP contribution in [0, 0.1) is 0 Å². The van der Waals surface area contributed by atoms with Gasteiger partial charge in [-0.15, -0.1) is 11.3 Å². The molecule has 3 heteroatoms. The van der Waals surface area contributed by atoms with Crippen LogP contribution in [-0.2, 0) is 17.6 Å². The molecule has 2 nitrogen and oxygen atoms in total. The Morgan fingerprint density at radius 3 is 2.93 bits per heavy atom. The summed E-state index contributed by atoms with van der Waals surface area (Å²) in [7, 11) is 1.44. The average Bonchev–Trinajstić information content (AvgIpc) is 2.49. The van der Waals surface area contributed by atoms with Crippen molar-refractivity contribution in [2.24, 2.45) is 0 Å². The Morgan fingerprint density at radius 2 is 2.14 bits per heavy atom. The van der Waals surface area contributed by atoms with E-state index in [1.165, 1.54) is 36.8 Å². The molecule has 1 heterocycles. The topological polar surface area (TPSA) is 26.3 Å². The Balaban J connectivity index is 2.26. The molecule has 0 spiro atoms. The molecule has 0 unspecified atom stereocenters. The third-order valence-electron chi connectivity index (χ3n) is 2.63. The number of carbonyl (C=O) groups excluding carboxylic acids is 1. The first-order valence-corrected chi connectivity index (χ1v) is 5.83. The molecule has 14 heavy (non-hydrogen) atoms. The van der Waals surface area contributed by atoms with Gasteiger partial charge in [0.25, 0.3) is 0 Å². The van der Waals surface area contributed by atoms with Gasteiger partial charge in [0.2, 0.25) is 0 Å². The lowest BCUT2D eigenvalue weighted by atomic mass is 10.1. The molecule has 2 rings (SSSR count). The number of aryl methyl sites for hydroxylation is 2. The van der Waals surface area contributed by atoms with E-state index in [-0.39, 0.29) is 5.97 Å². The fourth-order valence-corrected chi connectivity index (χ4v) is 3.04. The molecule has 0 atom stereocenters. The molecule has 0 bridgehead atoms. The maximum absolute atomic E-state index is 11.3. The van der Waals surface area contributed by atoms with Gasteiger partial charge in [0, 0.05) is 4.88 Å². The molecular weight excluding hydrogens is 196 g/mol. The van der Waals surface area contributed by atoms with Crippen molar-refractivity contribution in [3.05, 3.63) is 21.4 Å². The van der Waals surface area contributed by atoms with Crippen molar-refractivity contribution in [3.63, 3.8) is 0 Å². The maximum Gasteiger partial charge on any atom is 0.348 e. The van der Waals surface area contributed by atoms with Gasteiger partial charge in [0.1, 0.15) is 4.88 Å². The van der Waals surface area contributed by atoms with Crippen molar-refractivity contribution < 1.29 is 9.53 Å². The number of fused-ring (bicyclic) bond motifs is 1. The van der Waals surface area contributed by atoms with Gasteiger partial charge < -0.3 is 4.74 Å². The highest BCUT2D eigenvalue weighted by molar-refractivity contribution is 7.14. The summed E-state index contributed by atoms with van der Waals surface area (Å²) in [5.41, 5.74) is 1.37. The van der Waals surface area contributed by atoms with Gasteiger partial charge in [-0.05, 0) is 37.3 Å². The summed E-state index contributed by atoms with van der Waals surface area (Å²) in [4.78, 5) is 13.5. The number of methoxy groups -OCH3 is 1. The van der Waals surface area contributed by atoms with Crippen molar-refractivity contribution in [1.29, 1.82) is 0 Å². The van der Waals surface area contributed by atoms with Gasteiger partial charge in [-0.1, -0.05) is 6.42 Å². The van der Waals surface area contributed by atoms with Crippen molar-refractivity contribution >= 4 is 17.3 Å². The van der Waals surface area contributed by atoms with E-state index in [0.717, 1.165) is 17.7 Å². The van der Waals surface area contributed by atoms with Crippen LogP contribution in [-0.4, -0.2) is 13.1 Å². The summed E-state index contributed by atoms with van der Waals surface area (Å²) >= 11 is 1.61. The first-order valence-electron chi connectivity index (χ1n) is 5.01. The maximum atomic E-state index is 11.3. The molecule has 1 aromatic rings. The molecule has 0 radical (unpaired) electrons. The highest BCUT2D eigenvalue weighted by Gasteiger charge is 2.16. The standard InChI is InChI=1S/C11H14O2S/c1-13-11(12)10-7-8-5-3-2-4-6-9(8)14-10/h7H,2-6H2,1H3. The quantitative estimate of drug-likeness (QED) is 0.526. The molecule has 0 saturated heterocycles. The molecule has 0 fully saturated rings. The summed E-state index contributed by atoms with van der Waals surface area (Å²) in [6.45, 7) is 0. The second-order valence-electron chi connectivity index (χ2n) is 3.61. The van der Waals surface area contributed by atoms with E-state index in [2.05, 4.69) is 0 Å². The number of esters is 1. The molecule has 0 aromatic carbocycles. The van der Waals surface area contributed by atoms with Crippen LogP contribution in [0.15, 0.2) is 6.07 Å². The normalized spacial score (nSPS) is 15.8. The van der Waals surface area contributed by atoms with Crippen molar-refractivity contribution in [3.8, 4) is 0 Å². The van der Waals surface area contributed by atoms with Crippen molar-refractivity contribution in [1.82, 2.24) is 0 Å². The Kier molecular flexibility index (Phi) is 2.87. The average molecular weight is 210 g/mol. The van der Waals surface area contributed by atoms with Gasteiger partial charge in [-0.3, -0.25) is 0 Å². The predicted molar refractivity (Wildman–Crippen MR) is 56.9 cm³/mol. The van der Waals surface area contributed by atoms with Crippen LogP contribution in [0.4, 0.5) is 0 Å². The lowest BCUT2D eigenvalue weighted by molar-refractivity contribution is 0.0606. The molecule has 76 valence electrons. The van der Waals surface area contributed by atoms with Crippen LogP contribution in [0.25, 0.3) is 0 Å². The number of hydrogen-bond donors (Lipinski definition) is 0. The fourth-order valence-electron chi connectivity index (χ4n) is 1.87. The Labute approximate surface area is 87.9 Å². The number of hydrogen-bond acceptors (Lipinski definition) is 3. The van der Waals surface area contributed by atoms with Gasteiger partial charge in [-0.2, -0.15) is 0 Å². The number of rotatable bonds is 1. The third-order valence-corrected chi connectivity index (χ3v) is 3.85. The zero-order valence-electron chi connectivity index (χ0n) is 8.34. The van der Waals surface area contributed by atoms with E-state index >= 15 is 0 Å². The molecule has 0 aliphatic heterocycles. The minimum Gasteiger partial charge on any atom is -0.465 e. The third kappa shape index (κ3) is 1.82. The zero-order valence-corrected chi connectivity index (χ0v) is 9.15. The largest absolute Gasteiger partial charge is 0.465 e. The first-order chi connectivity index (χ1) is 6.81. The van der Waals surface area contributed by atoms with Crippen LogP contribution >= 0.6 is 11.3 Å². The highest BCUT2D eigenvalue weighted by Crippen LogP contribution is 2.29. The van der Waals surface area contributed by atoms with E-state index in [4.69, 9.17) is 4.74 Å². The summed E-state index contributed by atoms with van der Waals surface area (Å²) in [5.74, 6) is -0.192. The lowest BCUT2D eigenvalue weighted by Crippen LogP contribution is -1.97. The summed E-state index contributed by atoms with van der Waals surface area (Å²) in [6.07, 6.45) is 6.09. The predicted octanol–water partition coefficient (Wildman–Crippen LogP) is 2.80. The second kappa shape index (κ2) is 4.13. The summed E-state index contributed by atoms with van der Waals surface area (Å²) < 4.78 is 4.72. The van der Waals surface area contributed by atoms with Crippen LogP contribution < -0.4 is 0 Å². The summed E-state index contributed by atoms with van der Waals surface area (Å²) in [6, 6.07) is 2.01. The van der Waals surface area contributed by atoms with E-state index in [9.17, 15) is 4.79 Å². The summed E-state index contributed by atoms with van der Waals surface area (Å²) in [5, 5.41) is 0. The minimum atomic E-state index is -0.192. The van der Waals surface area contributed by atoms with Crippen LogP contribution in [0.1, 0.15) is 39.4 Å². The highest BCUT2D eigenvalue weighted by atomic mass is 32.1. The van der Waals surface area contributed by atoms with Gasteiger partial charge >= 0.3 is 5.97 Å². The van der Waals surface area contributed by atoms with Gasteiger partial charge in [0.15, 0.2) is 0 Å². The molecule has 0 saturated carbocycles. The molecule has 0 amide bonds. The van der Waals surface area contributed by atoms with E-state index < -0.39 is 0 Å². The van der Waals surface area contributed by atoms with E-state index in [0.29, 0.717) is 0 Å². The molecular formula is C11H14O2S. The molecule has 1 aromatic heterocycles. The number of carbonyl (C=O) groups is 1. The second-order valence-corrected chi connectivity index (χ2v) is 4.75. The molecule has 1 aliphatic carbocycles. The lowest BCUT2D eigenvalue weighted by Gasteiger charge is -1.93. The first kappa shape index (κ1) is 9.71. The number of ether oxygens (including phenoxy) is 1. The van der Waals surface area contributed by atoms with E-state index in [1.54, 1.807) is 11.3 Å². The van der Waals surface area contributed by atoms with Crippen molar-refractivity contribution in [2.75, 3.05) is 7.11 Å². The molecule has 0 N–H and O–H groups in total. The Morgan fingerprint density at radius 1 is 1.36 bits per heavy atom. The molecule has 1 aliphatic rings. The van der Waals surface area contributed by atoms with Gasteiger partial charge in [-0.25, -0.2) is 4.79 Å². The Bertz CT molecular complexity index is 318. The Hall–Kier alpha value is -0.830. The SMILES string of the molecule is COC(=O)c1cc2c(s1)CCCCC2. The van der Waals surface area contributed by atoms with Crippen LogP contribution in [0.5, 0.6) is 0 Å². The van der Waals surface area contributed by atoms with Crippen LogP contribution in [0.2, 0.25) is 0 Å².